The van der Waals surface area contributed by atoms with Crippen molar-refractivity contribution in [2.45, 2.75) is 5.41 Å². The van der Waals surface area contributed by atoms with Gasteiger partial charge in [0.1, 0.15) is 0 Å². The third-order valence-electron chi connectivity index (χ3n) is 11.8. The van der Waals surface area contributed by atoms with Crippen LogP contribution in [0.2, 0.25) is 0 Å². The van der Waals surface area contributed by atoms with Gasteiger partial charge in [-0.1, -0.05) is 170 Å². The highest BCUT2D eigenvalue weighted by atomic mass is 32.1. The zero-order valence-electron chi connectivity index (χ0n) is 30.1. The molecule has 2 aromatic heterocycles. The van der Waals surface area contributed by atoms with Crippen LogP contribution >= 0.6 is 11.3 Å². The lowest BCUT2D eigenvalue weighted by Crippen LogP contribution is -2.26. The summed E-state index contributed by atoms with van der Waals surface area (Å²) in [4.78, 5) is 15.3. The maximum absolute atomic E-state index is 5.16. The molecule has 1 spiro atoms. The molecule has 0 amide bonds. The highest BCUT2D eigenvalue weighted by molar-refractivity contribution is 7.26. The highest BCUT2D eigenvalue weighted by Gasteiger charge is 2.52. The third kappa shape index (κ3) is 4.36. The lowest BCUT2D eigenvalue weighted by molar-refractivity contribution is 0.796. The Morgan fingerprint density at radius 3 is 1.45 bits per heavy atom. The summed E-state index contributed by atoms with van der Waals surface area (Å²) in [5, 5.41) is 2.37. The molecule has 2 heterocycles. The minimum absolute atomic E-state index is 0.431. The predicted molar refractivity (Wildman–Crippen MR) is 231 cm³/mol. The van der Waals surface area contributed by atoms with Crippen LogP contribution in [0.25, 0.3) is 87.7 Å². The van der Waals surface area contributed by atoms with Crippen LogP contribution in [-0.2, 0) is 5.41 Å². The van der Waals surface area contributed by atoms with E-state index in [1.807, 2.05) is 47.7 Å². The molecule has 0 fully saturated rings. The number of rotatable bonds is 4. The summed E-state index contributed by atoms with van der Waals surface area (Å²) in [6.07, 6.45) is 0. The van der Waals surface area contributed by atoms with Gasteiger partial charge in [-0.2, -0.15) is 0 Å². The average Bonchev–Trinajstić information content (AvgIpc) is 3.91. The van der Waals surface area contributed by atoms with Crippen LogP contribution in [0.15, 0.2) is 188 Å². The summed E-state index contributed by atoms with van der Waals surface area (Å²) in [5.41, 5.74) is 15.6. The van der Waals surface area contributed by atoms with Crippen molar-refractivity contribution in [1.29, 1.82) is 0 Å². The van der Waals surface area contributed by atoms with Crippen molar-refractivity contribution in [2.24, 2.45) is 0 Å². The molecule has 0 saturated heterocycles. The molecule has 0 saturated carbocycles. The van der Waals surface area contributed by atoms with E-state index in [9.17, 15) is 0 Å². The van der Waals surface area contributed by atoms with E-state index in [0.717, 1.165) is 16.7 Å². The Morgan fingerprint density at radius 2 is 0.821 bits per heavy atom. The van der Waals surface area contributed by atoms with Crippen LogP contribution in [-0.4, -0.2) is 15.0 Å². The van der Waals surface area contributed by atoms with Crippen LogP contribution in [0, 0.1) is 0 Å². The summed E-state index contributed by atoms with van der Waals surface area (Å²) >= 11 is 1.82. The molecule has 12 rings (SSSR count). The fourth-order valence-electron chi connectivity index (χ4n) is 9.51. The minimum Gasteiger partial charge on any atom is -0.208 e. The van der Waals surface area contributed by atoms with Gasteiger partial charge in [-0.25, -0.2) is 15.0 Å². The standard InChI is InChI=1S/C52H31N3S/c1-3-15-32(16-4-1)49-53-50(33-17-5-2-6-18-33)55-51(54-49)40-24-14-28-46-47(40)41-31-34(29-30-45(41)56-46)35-22-13-23-39-38-21-9-12-27-44(38)52(48(35)39)42-25-10-7-19-36(42)37-20-8-11-26-43(37)52/h1-31H. The number of aromatic nitrogens is 3. The molecule has 56 heavy (non-hydrogen) atoms. The van der Waals surface area contributed by atoms with E-state index in [1.165, 1.54) is 75.8 Å². The van der Waals surface area contributed by atoms with E-state index in [4.69, 9.17) is 15.0 Å². The maximum Gasteiger partial charge on any atom is 0.164 e. The second-order valence-electron chi connectivity index (χ2n) is 14.6. The van der Waals surface area contributed by atoms with Crippen LogP contribution in [0.4, 0.5) is 0 Å². The lowest BCUT2D eigenvalue weighted by atomic mass is 9.68. The molecule has 0 unspecified atom stereocenters. The normalized spacial score (nSPS) is 13.1. The van der Waals surface area contributed by atoms with Crippen molar-refractivity contribution in [1.82, 2.24) is 15.0 Å². The Hall–Kier alpha value is -7.01. The highest BCUT2D eigenvalue weighted by Crippen LogP contribution is 2.64. The summed E-state index contributed by atoms with van der Waals surface area (Å²) in [6, 6.07) is 67.9. The average molecular weight is 730 g/mol. The topological polar surface area (TPSA) is 38.7 Å². The fraction of sp³-hybridized carbons (Fsp3) is 0.0192. The van der Waals surface area contributed by atoms with Gasteiger partial charge in [-0.3, -0.25) is 0 Å². The SMILES string of the molecule is c1ccc(-c2nc(-c3ccccc3)nc(-c3cccc4sc5ccc(-c6cccc7c6C6(c8ccccc8-c8ccccc86)c6ccccc6-7)cc5c34)n2)cc1. The third-order valence-corrected chi connectivity index (χ3v) is 12.9. The number of thiophene rings is 1. The first-order chi connectivity index (χ1) is 27.8. The molecule has 0 N–H and O–H groups in total. The van der Waals surface area contributed by atoms with Gasteiger partial charge in [0.2, 0.25) is 0 Å². The van der Waals surface area contributed by atoms with Crippen LogP contribution < -0.4 is 0 Å². The van der Waals surface area contributed by atoms with Crippen LogP contribution in [0.1, 0.15) is 22.3 Å². The Kier molecular flexibility index (Phi) is 6.72. The Labute approximate surface area is 328 Å². The zero-order valence-corrected chi connectivity index (χ0v) is 31.0. The molecule has 2 aliphatic rings. The van der Waals surface area contributed by atoms with E-state index in [1.54, 1.807) is 0 Å². The van der Waals surface area contributed by atoms with E-state index >= 15 is 0 Å². The quantitative estimate of drug-likeness (QED) is 0.181. The van der Waals surface area contributed by atoms with Crippen LogP contribution in [0.5, 0.6) is 0 Å². The predicted octanol–water partition coefficient (Wildman–Crippen LogP) is 13.3. The smallest absolute Gasteiger partial charge is 0.164 e. The molecule has 3 nitrogen and oxygen atoms in total. The molecule has 0 bridgehead atoms. The van der Waals surface area contributed by atoms with E-state index in [0.29, 0.717) is 17.5 Å². The molecule has 0 atom stereocenters. The van der Waals surface area contributed by atoms with E-state index in [-0.39, 0.29) is 0 Å². The van der Waals surface area contributed by atoms with Gasteiger partial charge in [0.25, 0.3) is 0 Å². The summed E-state index contributed by atoms with van der Waals surface area (Å²) in [7, 11) is 0. The van der Waals surface area contributed by atoms with Crippen molar-refractivity contribution in [3.8, 4) is 67.5 Å². The van der Waals surface area contributed by atoms with Crippen molar-refractivity contribution >= 4 is 31.5 Å². The number of benzene rings is 8. The summed E-state index contributed by atoms with van der Waals surface area (Å²) < 4.78 is 2.44. The molecule has 2 aliphatic carbocycles. The van der Waals surface area contributed by atoms with Gasteiger partial charge < -0.3 is 0 Å². The van der Waals surface area contributed by atoms with Gasteiger partial charge in [0, 0.05) is 36.9 Å². The van der Waals surface area contributed by atoms with Gasteiger partial charge in [-0.05, 0) is 73.8 Å². The van der Waals surface area contributed by atoms with Gasteiger partial charge >= 0.3 is 0 Å². The first kappa shape index (κ1) is 31.4. The van der Waals surface area contributed by atoms with Crippen molar-refractivity contribution < 1.29 is 0 Å². The molecule has 10 aromatic rings. The maximum atomic E-state index is 5.16. The molecule has 4 heteroatoms. The second-order valence-corrected chi connectivity index (χ2v) is 15.7. The van der Waals surface area contributed by atoms with E-state index < -0.39 is 5.41 Å². The van der Waals surface area contributed by atoms with Gasteiger partial charge in [0.15, 0.2) is 17.5 Å². The summed E-state index contributed by atoms with van der Waals surface area (Å²) in [6.45, 7) is 0. The van der Waals surface area contributed by atoms with E-state index in [2.05, 4.69) is 152 Å². The zero-order chi connectivity index (χ0) is 36.8. The van der Waals surface area contributed by atoms with Crippen molar-refractivity contribution in [2.75, 3.05) is 0 Å². The number of hydrogen-bond acceptors (Lipinski definition) is 4. The molecule has 260 valence electrons. The second kappa shape index (κ2) is 12.0. The van der Waals surface area contributed by atoms with Crippen molar-refractivity contribution in [3.05, 3.63) is 210 Å². The molecule has 8 aromatic carbocycles. The molecular formula is C52H31N3S. The minimum atomic E-state index is -0.431. The number of fused-ring (bicyclic) bond motifs is 13. The Balaban J connectivity index is 1.11. The molecule has 0 radical (unpaired) electrons. The number of hydrogen-bond donors (Lipinski definition) is 0. The van der Waals surface area contributed by atoms with Gasteiger partial charge in [0.05, 0.1) is 5.41 Å². The first-order valence-corrected chi connectivity index (χ1v) is 19.8. The first-order valence-electron chi connectivity index (χ1n) is 19.0. The van der Waals surface area contributed by atoms with Gasteiger partial charge in [-0.15, -0.1) is 11.3 Å². The lowest BCUT2D eigenvalue weighted by Gasteiger charge is -2.32. The van der Waals surface area contributed by atoms with Crippen LogP contribution in [0.3, 0.4) is 0 Å². The number of nitrogens with zero attached hydrogens (tertiary/aromatic N) is 3. The Morgan fingerprint density at radius 1 is 0.339 bits per heavy atom. The van der Waals surface area contributed by atoms with Crippen molar-refractivity contribution in [3.63, 3.8) is 0 Å². The fourth-order valence-corrected chi connectivity index (χ4v) is 10.6. The molecule has 0 aliphatic heterocycles. The summed E-state index contributed by atoms with van der Waals surface area (Å²) in [5.74, 6) is 1.99. The Bertz CT molecular complexity index is 3080. The largest absolute Gasteiger partial charge is 0.208 e. The monoisotopic (exact) mass is 729 g/mol. The molecular weight excluding hydrogens is 699 g/mol.